The summed E-state index contributed by atoms with van der Waals surface area (Å²) in [6.07, 6.45) is -0.654. The molecule has 0 bridgehead atoms. The van der Waals surface area contributed by atoms with E-state index in [2.05, 4.69) is 10.3 Å². The molecule has 116 valence electrons. The molecule has 6 nitrogen and oxygen atoms in total. The first-order valence-electron chi connectivity index (χ1n) is 6.73. The number of ether oxygens (including phenoxy) is 1. The molecule has 0 aliphatic heterocycles. The molecule has 0 fully saturated rings. The molecule has 2 aromatic carbocycles. The molecule has 1 amide bonds. The normalized spacial score (nSPS) is 10.5. The van der Waals surface area contributed by atoms with E-state index in [1.807, 2.05) is 6.07 Å². The number of amides is 1. The first-order valence-corrected chi connectivity index (χ1v) is 7.10. The zero-order valence-electron chi connectivity index (χ0n) is 12.1. The van der Waals surface area contributed by atoms with E-state index >= 15 is 0 Å². The van der Waals surface area contributed by atoms with E-state index in [9.17, 15) is 9.59 Å². The zero-order valence-corrected chi connectivity index (χ0v) is 12.9. The smallest absolute Gasteiger partial charge is 0.421 e. The highest BCUT2D eigenvalue weighted by molar-refractivity contribution is 6.31. The van der Waals surface area contributed by atoms with E-state index in [1.165, 1.54) is 11.7 Å². The van der Waals surface area contributed by atoms with Crippen LogP contribution < -0.4 is 5.32 Å². The molecule has 0 spiro atoms. The molecular formula is C16H12ClN3O3. The molecular weight excluding hydrogens is 318 g/mol. The topological polar surface area (TPSA) is 73.2 Å². The number of fused-ring (bicyclic) bond motifs is 1. The molecule has 1 N–H and O–H groups in total. The number of carbonyl (C=O) groups excluding carboxylic acids is 2. The van der Waals surface area contributed by atoms with Crippen LogP contribution in [0.5, 0.6) is 0 Å². The molecule has 0 saturated carbocycles. The standard InChI is InChI=1S/C16H12ClN3O3/c1-23-16(22)20-13-8-7-11(17)9-12(13)18-15(20)19-14(21)10-5-3-2-4-6-10/h2-9H,1H3,(H,18,19,21). The molecule has 3 aromatic rings. The van der Waals surface area contributed by atoms with Crippen LogP contribution in [0.25, 0.3) is 11.0 Å². The Kier molecular flexibility index (Phi) is 3.99. The SMILES string of the molecule is COC(=O)n1c(NC(=O)c2ccccc2)nc2cc(Cl)ccc21. The lowest BCUT2D eigenvalue weighted by atomic mass is 10.2. The molecule has 1 aromatic heterocycles. The van der Waals surface area contributed by atoms with Crippen LogP contribution >= 0.6 is 11.6 Å². The fourth-order valence-corrected chi connectivity index (χ4v) is 2.34. The van der Waals surface area contributed by atoms with Crippen molar-refractivity contribution < 1.29 is 14.3 Å². The van der Waals surface area contributed by atoms with Crippen LogP contribution in [0, 0.1) is 0 Å². The lowest BCUT2D eigenvalue weighted by molar-refractivity contribution is 0.102. The summed E-state index contributed by atoms with van der Waals surface area (Å²) < 4.78 is 5.95. The van der Waals surface area contributed by atoms with E-state index in [0.29, 0.717) is 21.6 Å². The summed E-state index contributed by atoms with van der Waals surface area (Å²) in [5, 5.41) is 3.10. The highest BCUT2D eigenvalue weighted by atomic mass is 35.5. The second kappa shape index (κ2) is 6.10. The summed E-state index contributed by atoms with van der Waals surface area (Å²) in [5.74, 6) is -0.305. The van der Waals surface area contributed by atoms with Crippen LogP contribution in [0.15, 0.2) is 48.5 Å². The summed E-state index contributed by atoms with van der Waals surface area (Å²) in [7, 11) is 1.26. The van der Waals surface area contributed by atoms with Gasteiger partial charge in [-0.05, 0) is 30.3 Å². The van der Waals surface area contributed by atoms with Gasteiger partial charge in [-0.2, -0.15) is 0 Å². The number of nitrogens with zero attached hydrogens (tertiary/aromatic N) is 2. The Bertz CT molecular complexity index is 890. The largest absolute Gasteiger partial charge is 0.452 e. The van der Waals surface area contributed by atoms with E-state index in [4.69, 9.17) is 16.3 Å². The lowest BCUT2D eigenvalue weighted by Crippen LogP contribution is -2.19. The Hall–Kier alpha value is -2.86. The number of carbonyl (C=O) groups is 2. The summed E-state index contributed by atoms with van der Waals surface area (Å²) in [6.45, 7) is 0. The van der Waals surface area contributed by atoms with Crippen LogP contribution in [-0.2, 0) is 4.74 Å². The number of anilines is 1. The van der Waals surface area contributed by atoms with Crippen molar-refractivity contribution in [3.63, 3.8) is 0 Å². The van der Waals surface area contributed by atoms with E-state index < -0.39 is 6.09 Å². The number of hydrogen-bond acceptors (Lipinski definition) is 4. The molecule has 0 saturated heterocycles. The van der Waals surface area contributed by atoms with Gasteiger partial charge in [0.15, 0.2) is 0 Å². The predicted molar refractivity (Wildman–Crippen MR) is 86.9 cm³/mol. The molecule has 0 atom stereocenters. The quantitative estimate of drug-likeness (QED) is 0.780. The number of halogens is 1. The second-order valence-electron chi connectivity index (χ2n) is 4.69. The van der Waals surface area contributed by atoms with Crippen molar-refractivity contribution in [2.24, 2.45) is 0 Å². The molecule has 3 rings (SSSR count). The Balaban J connectivity index is 2.06. The van der Waals surface area contributed by atoms with Gasteiger partial charge >= 0.3 is 6.09 Å². The predicted octanol–water partition coefficient (Wildman–Crippen LogP) is 3.56. The van der Waals surface area contributed by atoms with Crippen molar-refractivity contribution in [3.05, 3.63) is 59.1 Å². The van der Waals surface area contributed by atoms with Gasteiger partial charge < -0.3 is 4.74 Å². The van der Waals surface area contributed by atoms with Crippen LogP contribution in [0.3, 0.4) is 0 Å². The van der Waals surface area contributed by atoms with Gasteiger partial charge in [-0.1, -0.05) is 29.8 Å². The summed E-state index contributed by atoms with van der Waals surface area (Å²) in [5.41, 5.74) is 1.42. The van der Waals surface area contributed by atoms with Gasteiger partial charge in [0.05, 0.1) is 18.1 Å². The van der Waals surface area contributed by atoms with Crippen LogP contribution in [0.2, 0.25) is 5.02 Å². The van der Waals surface area contributed by atoms with Crippen molar-refractivity contribution >= 4 is 40.6 Å². The minimum absolute atomic E-state index is 0.0722. The number of imidazole rings is 1. The van der Waals surface area contributed by atoms with E-state index in [-0.39, 0.29) is 11.9 Å². The third-order valence-electron chi connectivity index (χ3n) is 3.24. The molecule has 0 aliphatic rings. The molecule has 0 aliphatic carbocycles. The number of nitrogens with one attached hydrogen (secondary N) is 1. The van der Waals surface area contributed by atoms with Crippen molar-refractivity contribution in [1.29, 1.82) is 0 Å². The summed E-state index contributed by atoms with van der Waals surface area (Å²) in [6, 6.07) is 13.5. The molecule has 1 heterocycles. The minimum atomic E-state index is -0.654. The fraction of sp³-hybridized carbons (Fsp3) is 0.0625. The third kappa shape index (κ3) is 2.89. The maximum atomic E-state index is 12.3. The van der Waals surface area contributed by atoms with Gasteiger partial charge in [0.25, 0.3) is 5.91 Å². The minimum Gasteiger partial charge on any atom is -0.452 e. The Morgan fingerprint density at radius 2 is 1.91 bits per heavy atom. The van der Waals surface area contributed by atoms with Crippen molar-refractivity contribution in [3.8, 4) is 0 Å². The number of benzene rings is 2. The highest BCUT2D eigenvalue weighted by Gasteiger charge is 2.19. The first kappa shape index (κ1) is 15.1. The average molecular weight is 330 g/mol. The van der Waals surface area contributed by atoms with Gasteiger partial charge in [-0.25, -0.2) is 14.3 Å². The molecule has 0 radical (unpaired) electrons. The van der Waals surface area contributed by atoms with Crippen LogP contribution in [0.1, 0.15) is 10.4 Å². The first-order chi connectivity index (χ1) is 11.1. The Morgan fingerprint density at radius 1 is 1.17 bits per heavy atom. The number of rotatable bonds is 2. The van der Waals surface area contributed by atoms with E-state index in [0.717, 1.165) is 0 Å². The van der Waals surface area contributed by atoms with Crippen molar-refractivity contribution in [1.82, 2.24) is 9.55 Å². The Labute approximate surface area is 136 Å². The maximum Gasteiger partial charge on any atom is 0.421 e. The van der Waals surface area contributed by atoms with Gasteiger partial charge in [0.2, 0.25) is 5.95 Å². The Morgan fingerprint density at radius 3 is 2.61 bits per heavy atom. The van der Waals surface area contributed by atoms with Crippen molar-refractivity contribution in [2.45, 2.75) is 0 Å². The van der Waals surface area contributed by atoms with E-state index in [1.54, 1.807) is 42.5 Å². The third-order valence-corrected chi connectivity index (χ3v) is 3.47. The zero-order chi connectivity index (χ0) is 16.4. The summed E-state index contributed by atoms with van der Waals surface area (Å²) >= 11 is 5.94. The monoisotopic (exact) mass is 329 g/mol. The summed E-state index contributed by atoms with van der Waals surface area (Å²) in [4.78, 5) is 28.6. The lowest BCUT2D eigenvalue weighted by Gasteiger charge is -2.07. The number of hydrogen-bond donors (Lipinski definition) is 1. The van der Waals surface area contributed by atoms with Gasteiger partial charge in [-0.3, -0.25) is 10.1 Å². The number of aromatic nitrogens is 2. The maximum absolute atomic E-state index is 12.3. The van der Waals surface area contributed by atoms with Gasteiger partial charge in [-0.15, -0.1) is 0 Å². The van der Waals surface area contributed by atoms with Gasteiger partial charge in [0, 0.05) is 10.6 Å². The van der Waals surface area contributed by atoms with Crippen LogP contribution in [0.4, 0.5) is 10.7 Å². The molecule has 0 unspecified atom stereocenters. The molecule has 7 heteroatoms. The number of methoxy groups -OCH3 is 1. The average Bonchev–Trinajstić information content (AvgIpc) is 2.91. The second-order valence-corrected chi connectivity index (χ2v) is 5.13. The molecule has 23 heavy (non-hydrogen) atoms. The highest BCUT2D eigenvalue weighted by Crippen LogP contribution is 2.23. The van der Waals surface area contributed by atoms with Crippen LogP contribution in [-0.4, -0.2) is 28.7 Å². The van der Waals surface area contributed by atoms with Crippen molar-refractivity contribution in [2.75, 3.05) is 12.4 Å². The fourth-order valence-electron chi connectivity index (χ4n) is 2.18. The van der Waals surface area contributed by atoms with Gasteiger partial charge in [0.1, 0.15) is 0 Å².